The van der Waals surface area contributed by atoms with Gasteiger partial charge in [0.05, 0.1) is 23.7 Å². The second-order valence-corrected chi connectivity index (χ2v) is 13.8. The first kappa shape index (κ1) is 41.4. The molecular formula is C43H53F3O7. The van der Waals surface area contributed by atoms with Gasteiger partial charge in [-0.1, -0.05) is 84.1 Å². The van der Waals surface area contributed by atoms with Crippen molar-refractivity contribution in [3.63, 3.8) is 0 Å². The van der Waals surface area contributed by atoms with Crippen LogP contribution in [0.3, 0.4) is 0 Å². The van der Waals surface area contributed by atoms with E-state index in [2.05, 4.69) is 6.92 Å². The van der Waals surface area contributed by atoms with Crippen LogP contribution in [0.5, 0.6) is 17.2 Å². The lowest BCUT2D eigenvalue weighted by molar-refractivity contribution is -0.225. The normalized spacial score (nSPS) is 14.5. The van der Waals surface area contributed by atoms with Crippen LogP contribution in [-0.2, 0) is 22.4 Å². The Morgan fingerprint density at radius 2 is 1.19 bits per heavy atom. The lowest BCUT2D eigenvalue weighted by atomic mass is 9.84. The molecule has 2 atom stereocenters. The number of benzene rings is 3. The summed E-state index contributed by atoms with van der Waals surface area (Å²) in [7, 11) is 0. The van der Waals surface area contributed by atoms with Crippen LogP contribution in [0.4, 0.5) is 13.2 Å². The molecule has 0 fully saturated rings. The van der Waals surface area contributed by atoms with E-state index in [1.807, 2.05) is 6.92 Å². The third-order valence-electron chi connectivity index (χ3n) is 9.55. The molecule has 0 N–H and O–H groups in total. The number of carbonyl (C=O) groups is 3. The Labute approximate surface area is 311 Å². The van der Waals surface area contributed by atoms with E-state index >= 15 is 0 Å². The van der Waals surface area contributed by atoms with Crippen LogP contribution in [0.2, 0.25) is 0 Å². The van der Waals surface area contributed by atoms with Crippen molar-refractivity contribution in [2.45, 2.75) is 129 Å². The molecule has 0 saturated carbocycles. The van der Waals surface area contributed by atoms with Gasteiger partial charge in [0, 0.05) is 0 Å². The highest BCUT2D eigenvalue weighted by atomic mass is 19.4. The topological polar surface area (TPSA) is 88.1 Å². The number of esters is 3. The maximum Gasteiger partial charge on any atom is 0.425 e. The molecule has 10 heteroatoms. The number of hydrogen-bond acceptors (Lipinski definition) is 7. The minimum absolute atomic E-state index is 0.231. The maximum atomic E-state index is 13.5. The van der Waals surface area contributed by atoms with E-state index in [1.54, 1.807) is 42.5 Å². The highest BCUT2D eigenvalue weighted by Gasteiger charge is 2.43. The van der Waals surface area contributed by atoms with Gasteiger partial charge in [-0.05, 0) is 110 Å². The van der Waals surface area contributed by atoms with Crippen LogP contribution in [0.25, 0.3) is 0 Å². The van der Waals surface area contributed by atoms with Crippen LogP contribution in [0.1, 0.15) is 136 Å². The largest absolute Gasteiger partial charge is 0.494 e. The van der Waals surface area contributed by atoms with Gasteiger partial charge in [0.1, 0.15) is 17.2 Å². The molecule has 53 heavy (non-hydrogen) atoms. The van der Waals surface area contributed by atoms with Crippen molar-refractivity contribution in [2.24, 2.45) is 5.92 Å². The first-order chi connectivity index (χ1) is 25.6. The van der Waals surface area contributed by atoms with Crippen molar-refractivity contribution in [3.05, 3.63) is 89.0 Å². The van der Waals surface area contributed by atoms with Gasteiger partial charge < -0.3 is 18.9 Å². The van der Waals surface area contributed by atoms with Gasteiger partial charge in [-0.2, -0.15) is 13.2 Å². The summed E-state index contributed by atoms with van der Waals surface area (Å²) < 4.78 is 62.5. The number of fused-ring (bicyclic) bond motifs is 1. The van der Waals surface area contributed by atoms with E-state index in [1.165, 1.54) is 62.8 Å². The molecule has 0 spiro atoms. The number of hydrogen-bond donors (Lipinski definition) is 0. The van der Waals surface area contributed by atoms with Crippen LogP contribution in [0, 0.1) is 5.92 Å². The van der Waals surface area contributed by atoms with Gasteiger partial charge in [0.2, 0.25) is 0 Å². The van der Waals surface area contributed by atoms with Crippen LogP contribution in [0.15, 0.2) is 66.7 Å². The average Bonchev–Trinajstić information content (AvgIpc) is 3.15. The fourth-order valence-corrected chi connectivity index (χ4v) is 6.38. The molecule has 3 aromatic rings. The van der Waals surface area contributed by atoms with Gasteiger partial charge in [-0.3, -0.25) is 4.79 Å². The Hall–Kier alpha value is -4.34. The fraction of sp³-hybridized carbons (Fsp3) is 0.512. The van der Waals surface area contributed by atoms with Gasteiger partial charge >= 0.3 is 24.1 Å². The van der Waals surface area contributed by atoms with E-state index < -0.39 is 36.1 Å². The maximum absolute atomic E-state index is 13.5. The zero-order valence-corrected chi connectivity index (χ0v) is 31.0. The molecule has 7 nitrogen and oxygen atoms in total. The predicted molar refractivity (Wildman–Crippen MR) is 198 cm³/mol. The SMILES string of the molecule is CCCCCCCCCCOc1ccc(C(=O)Oc2ccc(C(=O)Oc3ccc4c(c3)CCC(C(=O)O[C@H](CCCCCC)C(F)(F)F)C4)cc2)cc1. The van der Waals surface area contributed by atoms with E-state index in [0.717, 1.165) is 36.8 Å². The Morgan fingerprint density at radius 3 is 1.79 bits per heavy atom. The van der Waals surface area contributed by atoms with E-state index in [4.69, 9.17) is 18.9 Å². The third kappa shape index (κ3) is 13.9. The Kier molecular flexibility index (Phi) is 16.7. The fourth-order valence-electron chi connectivity index (χ4n) is 6.38. The second-order valence-electron chi connectivity index (χ2n) is 13.8. The molecule has 0 saturated heterocycles. The van der Waals surface area contributed by atoms with Crippen molar-refractivity contribution in [2.75, 3.05) is 6.61 Å². The summed E-state index contributed by atoms with van der Waals surface area (Å²) in [5.74, 6) is -1.39. The first-order valence-electron chi connectivity index (χ1n) is 19.2. The Morgan fingerprint density at radius 1 is 0.660 bits per heavy atom. The zero-order chi connectivity index (χ0) is 38.1. The summed E-state index contributed by atoms with van der Waals surface area (Å²) in [5.41, 5.74) is 2.28. The molecule has 4 rings (SSSR count). The molecule has 0 amide bonds. The van der Waals surface area contributed by atoms with Crippen LogP contribution < -0.4 is 14.2 Å². The molecule has 0 heterocycles. The molecule has 0 aliphatic heterocycles. The quantitative estimate of drug-likeness (QED) is 0.0611. The Balaban J connectivity index is 1.21. The van der Waals surface area contributed by atoms with Crippen LogP contribution >= 0.6 is 0 Å². The summed E-state index contributed by atoms with van der Waals surface area (Å²) in [6, 6.07) is 17.9. The molecule has 3 aromatic carbocycles. The first-order valence-corrected chi connectivity index (χ1v) is 19.2. The van der Waals surface area contributed by atoms with Gasteiger partial charge in [0.25, 0.3) is 0 Å². The molecule has 1 aliphatic carbocycles. The molecule has 0 radical (unpaired) electrons. The lowest BCUT2D eigenvalue weighted by Gasteiger charge is -2.27. The molecule has 0 aromatic heterocycles. The summed E-state index contributed by atoms with van der Waals surface area (Å²) >= 11 is 0. The molecule has 1 unspecified atom stereocenters. The molecule has 0 bridgehead atoms. The number of ether oxygens (including phenoxy) is 4. The number of aryl methyl sites for hydroxylation is 1. The average molecular weight is 739 g/mol. The molecule has 288 valence electrons. The van der Waals surface area contributed by atoms with E-state index in [9.17, 15) is 27.6 Å². The van der Waals surface area contributed by atoms with Crippen LogP contribution in [-0.4, -0.2) is 36.8 Å². The summed E-state index contributed by atoms with van der Waals surface area (Å²) in [6.45, 7) is 4.83. The third-order valence-corrected chi connectivity index (χ3v) is 9.55. The minimum atomic E-state index is -4.60. The van der Waals surface area contributed by atoms with Crippen molar-refractivity contribution < 1.29 is 46.5 Å². The van der Waals surface area contributed by atoms with Crippen molar-refractivity contribution in [1.29, 1.82) is 0 Å². The number of rotatable bonds is 21. The minimum Gasteiger partial charge on any atom is -0.494 e. The number of halogens is 3. The van der Waals surface area contributed by atoms with E-state index in [0.29, 0.717) is 49.4 Å². The summed E-state index contributed by atoms with van der Waals surface area (Å²) in [6.07, 6.45) is 6.65. The Bertz CT molecular complexity index is 1580. The molecular weight excluding hydrogens is 685 g/mol. The smallest absolute Gasteiger partial charge is 0.425 e. The number of unbranched alkanes of at least 4 members (excludes halogenated alkanes) is 10. The zero-order valence-electron chi connectivity index (χ0n) is 31.0. The van der Waals surface area contributed by atoms with Crippen molar-refractivity contribution in [1.82, 2.24) is 0 Å². The van der Waals surface area contributed by atoms with Gasteiger partial charge in [0.15, 0.2) is 6.10 Å². The summed E-state index contributed by atoms with van der Waals surface area (Å²) in [5, 5.41) is 0. The second kappa shape index (κ2) is 21.4. The van der Waals surface area contributed by atoms with Crippen molar-refractivity contribution >= 4 is 17.9 Å². The molecule has 1 aliphatic rings. The summed E-state index contributed by atoms with van der Waals surface area (Å²) in [4.78, 5) is 38.3. The van der Waals surface area contributed by atoms with Crippen molar-refractivity contribution in [3.8, 4) is 17.2 Å². The predicted octanol–water partition coefficient (Wildman–Crippen LogP) is 11.2. The van der Waals surface area contributed by atoms with Gasteiger partial charge in [-0.25, -0.2) is 9.59 Å². The monoisotopic (exact) mass is 738 g/mol. The van der Waals surface area contributed by atoms with E-state index in [-0.39, 0.29) is 24.2 Å². The lowest BCUT2D eigenvalue weighted by Crippen LogP contribution is -2.37. The number of alkyl halides is 3. The highest BCUT2D eigenvalue weighted by Crippen LogP contribution is 2.33. The number of carbonyl (C=O) groups excluding carboxylic acids is 3. The van der Waals surface area contributed by atoms with Gasteiger partial charge in [-0.15, -0.1) is 0 Å². The highest BCUT2D eigenvalue weighted by molar-refractivity contribution is 5.92. The standard InChI is InChI=1S/C43H53F3O7/c1-3-5-7-9-10-11-12-14-28-50-36-23-18-31(19-24-36)40(47)51-37-25-20-32(21-26-37)41(48)52-38-27-22-33-29-35(17-16-34(33)30-38)42(49)53-39(43(44,45)46)15-13-8-6-4-2/h18-27,30,35,39H,3-17,28-29H2,1-2H3/t35?,39-/m1/s1.